The van der Waals surface area contributed by atoms with Crippen molar-refractivity contribution < 1.29 is 27.2 Å². The van der Waals surface area contributed by atoms with Gasteiger partial charge in [0.15, 0.2) is 0 Å². The van der Waals surface area contributed by atoms with Crippen molar-refractivity contribution in [2.24, 2.45) is 0 Å². The van der Waals surface area contributed by atoms with Crippen molar-refractivity contribution in [3.63, 3.8) is 0 Å². The molecule has 180 valence electrons. The van der Waals surface area contributed by atoms with Gasteiger partial charge in [-0.25, -0.2) is 0 Å². The number of hydrogen-bond donors (Lipinski definition) is 0. The van der Waals surface area contributed by atoms with Crippen molar-refractivity contribution in [3.8, 4) is 5.92 Å². The molecule has 1 amide bonds. The van der Waals surface area contributed by atoms with E-state index in [2.05, 4.69) is 96.9 Å². The second-order valence-electron chi connectivity index (χ2n) is 7.53. The fourth-order valence-corrected chi connectivity index (χ4v) is 5.91. The number of nitrogens with zero attached hydrogens (tertiary/aromatic N) is 1. The zero-order chi connectivity index (χ0) is 24.2. The zero-order valence-corrected chi connectivity index (χ0v) is 23.0. The standard InChI is InChI=1S/C18H15P.C13H14NO.Au/c1-4-10-16(11-5-1)19(17-12-6-2-7-13-17)18-14-8-3-9-15-18;1-4-11-8-7-9-12(10-11)13(15)14(5-2)6-3;/h1-15H;7-10H,5-6H2,2-3H3;/q;-1;+1. The molecule has 0 saturated heterocycles. The Hall–Kier alpha value is -2.92. The quantitative estimate of drug-likeness (QED) is 0.115. The average molecular weight is 660 g/mol. The summed E-state index contributed by atoms with van der Waals surface area (Å²) in [5, 5.41) is 4.19. The SMILES string of the molecule is [Au+].[C-]#Cc1cccc(C(=O)N(CC)CC)c1.c1ccc(P(c2ccccc2)c2ccccc2)cc1. The molecule has 0 unspecified atom stereocenters. The fraction of sp³-hybridized carbons (Fsp3) is 0.129. The van der Waals surface area contributed by atoms with Crippen LogP contribution in [0.25, 0.3) is 0 Å². The van der Waals surface area contributed by atoms with Crippen molar-refractivity contribution in [1.82, 2.24) is 4.90 Å². The number of benzene rings is 4. The molecule has 2 nitrogen and oxygen atoms in total. The zero-order valence-electron chi connectivity index (χ0n) is 20.0. The van der Waals surface area contributed by atoms with Crippen molar-refractivity contribution in [3.05, 3.63) is 133 Å². The summed E-state index contributed by atoms with van der Waals surface area (Å²) in [4.78, 5) is 13.7. The molecule has 35 heavy (non-hydrogen) atoms. The first kappa shape index (κ1) is 28.3. The third kappa shape index (κ3) is 8.07. The first-order valence-corrected chi connectivity index (χ1v) is 12.8. The van der Waals surface area contributed by atoms with Gasteiger partial charge in [0.25, 0.3) is 5.91 Å². The second-order valence-corrected chi connectivity index (χ2v) is 9.75. The predicted molar refractivity (Wildman–Crippen MR) is 145 cm³/mol. The Balaban J connectivity index is 0.000000247. The summed E-state index contributed by atoms with van der Waals surface area (Å²) in [5.41, 5.74) is 1.25. The van der Waals surface area contributed by atoms with Crippen LogP contribution in [-0.2, 0) is 22.4 Å². The molecule has 0 bridgehead atoms. The summed E-state index contributed by atoms with van der Waals surface area (Å²) < 4.78 is 0. The van der Waals surface area contributed by atoms with Crippen LogP contribution in [0.1, 0.15) is 29.8 Å². The van der Waals surface area contributed by atoms with Crippen molar-refractivity contribution in [1.29, 1.82) is 0 Å². The van der Waals surface area contributed by atoms with Crippen LogP contribution < -0.4 is 15.9 Å². The summed E-state index contributed by atoms with van der Waals surface area (Å²) in [5.74, 6) is 2.29. The maximum Gasteiger partial charge on any atom is 1.00 e. The van der Waals surface area contributed by atoms with Crippen molar-refractivity contribution in [2.75, 3.05) is 13.1 Å². The minimum Gasteiger partial charge on any atom is -0.366 e. The largest absolute Gasteiger partial charge is 1.00 e. The van der Waals surface area contributed by atoms with Gasteiger partial charge in [0.2, 0.25) is 0 Å². The molecule has 4 aromatic rings. The van der Waals surface area contributed by atoms with E-state index in [4.69, 9.17) is 6.42 Å². The number of rotatable bonds is 6. The minimum atomic E-state index is -0.446. The Kier molecular flexibility index (Phi) is 12.3. The second kappa shape index (κ2) is 15.2. The van der Waals surface area contributed by atoms with Crippen LogP contribution in [0.3, 0.4) is 0 Å². The average Bonchev–Trinajstić information content (AvgIpc) is 2.92. The molecule has 0 aliphatic heterocycles. The molecule has 4 rings (SSSR count). The molecule has 0 radical (unpaired) electrons. The van der Waals surface area contributed by atoms with Gasteiger partial charge in [-0.05, 0) is 37.7 Å². The van der Waals surface area contributed by atoms with Crippen LogP contribution in [-0.4, -0.2) is 23.9 Å². The van der Waals surface area contributed by atoms with Gasteiger partial charge in [-0.3, -0.25) is 10.7 Å². The van der Waals surface area contributed by atoms with E-state index in [1.165, 1.54) is 15.9 Å². The molecule has 0 atom stereocenters. The van der Waals surface area contributed by atoms with Crippen LogP contribution in [0.15, 0.2) is 115 Å². The molecule has 0 aromatic heterocycles. The molecule has 0 aliphatic carbocycles. The van der Waals surface area contributed by atoms with Gasteiger partial charge in [0.1, 0.15) is 0 Å². The fourth-order valence-electron chi connectivity index (χ4n) is 3.60. The van der Waals surface area contributed by atoms with Crippen LogP contribution in [0, 0.1) is 12.3 Å². The molecule has 4 heteroatoms. The van der Waals surface area contributed by atoms with Gasteiger partial charge in [-0.2, -0.15) is 0 Å². The van der Waals surface area contributed by atoms with E-state index < -0.39 is 7.92 Å². The summed E-state index contributed by atoms with van der Waals surface area (Å²) in [7, 11) is -0.446. The number of hydrogen-bond acceptors (Lipinski definition) is 1. The number of carbonyl (C=O) groups excluding carboxylic acids is 1. The van der Waals surface area contributed by atoms with E-state index in [1.807, 2.05) is 13.8 Å². The Bertz CT molecular complexity index is 1110. The van der Waals surface area contributed by atoms with Crippen molar-refractivity contribution >= 4 is 29.7 Å². The molecule has 0 saturated carbocycles. The van der Waals surface area contributed by atoms with E-state index >= 15 is 0 Å². The molecule has 0 aliphatic rings. The van der Waals surface area contributed by atoms with Crippen LogP contribution in [0.5, 0.6) is 0 Å². The summed E-state index contributed by atoms with van der Waals surface area (Å²) >= 11 is 0. The number of amides is 1. The Morgan fingerprint density at radius 2 is 1.14 bits per heavy atom. The Labute approximate surface area is 226 Å². The molecule has 0 heterocycles. The maximum atomic E-state index is 11.9. The summed E-state index contributed by atoms with van der Waals surface area (Å²) in [6, 6.07) is 39.3. The maximum absolute atomic E-state index is 11.9. The van der Waals surface area contributed by atoms with E-state index in [-0.39, 0.29) is 28.3 Å². The van der Waals surface area contributed by atoms with Crippen LogP contribution in [0.4, 0.5) is 0 Å². The molecule has 0 N–H and O–H groups in total. The van der Waals surface area contributed by atoms with Gasteiger partial charge in [-0.15, -0.1) is 17.7 Å². The third-order valence-corrected chi connectivity index (χ3v) is 7.79. The van der Waals surface area contributed by atoms with Gasteiger partial charge >= 0.3 is 22.4 Å². The van der Waals surface area contributed by atoms with E-state index in [0.29, 0.717) is 24.2 Å². The third-order valence-electron chi connectivity index (χ3n) is 5.35. The van der Waals surface area contributed by atoms with E-state index in [1.54, 1.807) is 29.2 Å². The van der Waals surface area contributed by atoms with Gasteiger partial charge in [0.05, 0.1) is 0 Å². The van der Waals surface area contributed by atoms with Crippen LogP contribution in [0.2, 0.25) is 0 Å². The smallest absolute Gasteiger partial charge is 0.366 e. The molecule has 4 aromatic carbocycles. The first-order chi connectivity index (χ1) is 16.7. The monoisotopic (exact) mass is 659 g/mol. The summed E-state index contributed by atoms with van der Waals surface area (Å²) in [6.07, 6.45) is 7.00. The normalized spacial score (nSPS) is 9.77. The molecule has 0 spiro atoms. The minimum absolute atomic E-state index is 0. The molecular formula is C31H29AuNOP. The van der Waals surface area contributed by atoms with Gasteiger partial charge in [-0.1, -0.05) is 103 Å². The topological polar surface area (TPSA) is 20.3 Å². The van der Waals surface area contributed by atoms with E-state index in [0.717, 1.165) is 0 Å². The van der Waals surface area contributed by atoms with Gasteiger partial charge in [0, 0.05) is 18.7 Å². The molecular weight excluding hydrogens is 630 g/mol. The van der Waals surface area contributed by atoms with Crippen LogP contribution >= 0.6 is 7.92 Å². The Morgan fingerprint density at radius 1 is 0.714 bits per heavy atom. The van der Waals surface area contributed by atoms with Crippen molar-refractivity contribution in [2.45, 2.75) is 13.8 Å². The predicted octanol–water partition coefficient (Wildman–Crippen LogP) is 5.55. The molecule has 0 fully saturated rings. The van der Waals surface area contributed by atoms with E-state index in [9.17, 15) is 4.79 Å². The Morgan fingerprint density at radius 3 is 1.51 bits per heavy atom. The van der Waals surface area contributed by atoms with Gasteiger partial charge < -0.3 is 11.3 Å². The summed E-state index contributed by atoms with van der Waals surface area (Å²) in [6.45, 7) is 5.31. The number of carbonyl (C=O) groups is 1. The first-order valence-electron chi connectivity index (χ1n) is 11.4.